The number of benzene rings is 2. The quantitative estimate of drug-likeness (QED) is 0.414. The first-order valence-electron chi connectivity index (χ1n) is 11.6. The van der Waals surface area contributed by atoms with Gasteiger partial charge in [-0.25, -0.2) is 9.59 Å². The highest BCUT2D eigenvalue weighted by Crippen LogP contribution is 2.44. The van der Waals surface area contributed by atoms with Crippen LogP contribution in [0.15, 0.2) is 48.5 Å². The predicted octanol–water partition coefficient (Wildman–Crippen LogP) is 3.22. The number of aliphatic carboxylic acids is 1. The van der Waals surface area contributed by atoms with E-state index in [9.17, 15) is 19.5 Å². The van der Waals surface area contributed by atoms with E-state index in [2.05, 4.69) is 34.9 Å². The summed E-state index contributed by atoms with van der Waals surface area (Å²) in [7, 11) is 3.51. The van der Waals surface area contributed by atoms with Crippen LogP contribution < -0.4 is 10.6 Å². The zero-order valence-corrected chi connectivity index (χ0v) is 19.8. The number of ether oxygens (including phenoxy) is 1. The smallest absolute Gasteiger partial charge is 0.407 e. The molecule has 0 saturated heterocycles. The summed E-state index contributed by atoms with van der Waals surface area (Å²) in [4.78, 5) is 37.1. The van der Waals surface area contributed by atoms with Crippen LogP contribution in [0.1, 0.15) is 42.7 Å². The van der Waals surface area contributed by atoms with Gasteiger partial charge in [0.15, 0.2) is 0 Å². The normalized spacial score (nSPS) is 13.1. The number of nitrogens with zero attached hydrogens (tertiary/aromatic N) is 1. The van der Waals surface area contributed by atoms with E-state index >= 15 is 0 Å². The Bertz CT molecular complexity index is 962. The van der Waals surface area contributed by atoms with Crippen molar-refractivity contribution in [3.05, 3.63) is 59.7 Å². The fourth-order valence-corrected chi connectivity index (χ4v) is 4.24. The number of amides is 2. The van der Waals surface area contributed by atoms with E-state index in [0.717, 1.165) is 6.42 Å². The van der Waals surface area contributed by atoms with Crippen LogP contribution in [0, 0.1) is 0 Å². The number of likely N-dealkylation sites (N-methyl/N-ethyl adjacent to an activating group) is 1. The number of carbonyl (C=O) groups excluding carboxylic acids is 2. The summed E-state index contributed by atoms with van der Waals surface area (Å²) >= 11 is 0. The molecule has 2 aromatic carbocycles. The molecule has 0 heterocycles. The highest BCUT2D eigenvalue weighted by atomic mass is 16.5. The molecule has 8 nitrogen and oxygen atoms in total. The summed E-state index contributed by atoms with van der Waals surface area (Å²) in [6.07, 6.45) is 1.86. The summed E-state index contributed by atoms with van der Waals surface area (Å²) in [5, 5.41) is 14.5. The van der Waals surface area contributed by atoms with Gasteiger partial charge in [0.1, 0.15) is 12.6 Å². The van der Waals surface area contributed by atoms with Gasteiger partial charge in [-0.15, -0.1) is 0 Å². The van der Waals surface area contributed by atoms with Crippen molar-refractivity contribution in [3.8, 4) is 11.1 Å². The van der Waals surface area contributed by atoms with Gasteiger partial charge in [0.25, 0.3) is 0 Å². The SMILES string of the molecule is CN(C)CC(NC(=O)CCCCCNC(=O)OCC1c2ccccc2-c2ccccc21)C(=O)O. The third-order valence-corrected chi connectivity index (χ3v) is 5.87. The number of carboxylic acid groups (broad SMARTS) is 1. The number of nitrogens with one attached hydrogen (secondary N) is 2. The molecule has 0 fully saturated rings. The van der Waals surface area contributed by atoms with Gasteiger partial charge in [0.2, 0.25) is 5.91 Å². The number of fused-ring (bicyclic) bond motifs is 3. The molecule has 1 aliphatic carbocycles. The van der Waals surface area contributed by atoms with Crippen LogP contribution >= 0.6 is 0 Å². The molecule has 0 bridgehead atoms. The van der Waals surface area contributed by atoms with Crippen molar-refractivity contribution in [1.82, 2.24) is 15.5 Å². The molecule has 182 valence electrons. The van der Waals surface area contributed by atoms with Gasteiger partial charge in [0.05, 0.1) is 0 Å². The molecule has 8 heteroatoms. The standard InChI is InChI=1S/C26H33N3O5/c1-29(2)16-23(25(31)32)28-24(30)14-4-3-9-15-27-26(33)34-17-22-20-12-7-5-10-18(20)19-11-6-8-13-21(19)22/h5-8,10-13,22-23H,3-4,9,14-17H2,1-2H3,(H,27,33)(H,28,30)(H,31,32). The lowest BCUT2D eigenvalue weighted by molar-refractivity contribution is -0.142. The van der Waals surface area contributed by atoms with E-state index in [-0.39, 0.29) is 31.4 Å². The molecule has 1 aliphatic rings. The highest BCUT2D eigenvalue weighted by molar-refractivity contribution is 5.83. The van der Waals surface area contributed by atoms with Crippen LogP contribution in [-0.2, 0) is 14.3 Å². The van der Waals surface area contributed by atoms with Crippen LogP contribution in [0.4, 0.5) is 4.79 Å². The first-order chi connectivity index (χ1) is 16.4. The Hall–Kier alpha value is -3.39. The third kappa shape index (κ3) is 6.81. The topological polar surface area (TPSA) is 108 Å². The monoisotopic (exact) mass is 467 g/mol. The van der Waals surface area contributed by atoms with E-state index in [1.54, 1.807) is 19.0 Å². The van der Waals surface area contributed by atoms with E-state index in [1.807, 2.05) is 24.3 Å². The van der Waals surface area contributed by atoms with Gasteiger partial charge in [-0.05, 0) is 49.2 Å². The van der Waals surface area contributed by atoms with Crippen LogP contribution in [0.3, 0.4) is 0 Å². The minimum absolute atomic E-state index is 0.0267. The molecule has 0 aliphatic heterocycles. The first-order valence-corrected chi connectivity index (χ1v) is 11.6. The van der Waals surface area contributed by atoms with Gasteiger partial charge in [-0.1, -0.05) is 55.0 Å². The second-order valence-electron chi connectivity index (χ2n) is 8.78. The lowest BCUT2D eigenvalue weighted by Gasteiger charge is -2.18. The number of carboxylic acids is 1. The molecule has 3 rings (SSSR count). The Morgan fingerprint density at radius 2 is 1.59 bits per heavy atom. The van der Waals surface area contributed by atoms with Gasteiger partial charge < -0.3 is 25.4 Å². The largest absolute Gasteiger partial charge is 0.480 e. The molecular formula is C26H33N3O5. The molecule has 0 aromatic heterocycles. The third-order valence-electron chi connectivity index (χ3n) is 5.87. The Morgan fingerprint density at radius 1 is 0.971 bits per heavy atom. The van der Waals surface area contributed by atoms with Crippen LogP contribution in [0.5, 0.6) is 0 Å². The fourth-order valence-electron chi connectivity index (χ4n) is 4.24. The maximum atomic E-state index is 12.2. The summed E-state index contributed by atoms with van der Waals surface area (Å²) in [5.41, 5.74) is 4.72. The van der Waals surface area contributed by atoms with E-state index < -0.39 is 18.1 Å². The lowest BCUT2D eigenvalue weighted by Crippen LogP contribution is -2.46. The Balaban J connectivity index is 1.33. The van der Waals surface area contributed by atoms with Crippen molar-refractivity contribution in [2.24, 2.45) is 0 Å². The maximum absolute atomic E-state index is 12.2. The Labute approximate surface area is 200 Å². The Morgan fingerprint density at radius 3 is 2.18 bits per heavy atom. The zero-order chi connectivity index (χ0) is 24.5. The summed E-state index contributed by atoms with van der Waals surface area (Å²) in [6, 6.07) is 15.5. The van der Waals surface area contributed by atoms with E-state index in [1.165, 1.54) is 22.3 Å². The van der Waals surface area contributed by atoms with Crippen LogP contribution in [0.25, 0.3) is 11.1 Å². The minimum atomic E-state index is -1.05. The molecule has 0 spiro atoms. The van der Waals surface area contributed by atoms with Crippen LogP contribution in [-0.4, -0.2) is 67.8 Å². The van der Waals surface area contributed by atoms with E-state index in [0.29, 0.717) is 19.4 Å². The predicted molar refractivity (Wildman–Crippen MR) is 130 cm³/mol. The number of rotatable bonds is 12. The first kappa shape index (κ1) is 25.2. The van der Waals surface area contributed by atoms with E-state index in [4.69, 9.17) is 4.74 Å². The van der Waals surface area contributed by atoms with Crippen molar-refractivity contribution in [2.45, 2.75) is 37.6 Å². The number of alkyl carbamates (subject to hydrolysis) is 1. The number of unbranched alkanes of at least 4 members (excludes halogenated alkanes) is 2. The maximum Gasteiger partial charge on any atom is 0.407 e. The average Bonchev–Trinajstić information content (AvgIpc) is 3.13. The molecular weight excluding hydrogens is 434 g/mol. The molecule has 3 N–H and O–H groups in total. The number of hydrogen-bond donors (Lipinski definition) is 3. The lowest BCUT2D eigenvalue weighted by atomic mass is 9.98. The summed E-state index contributed by atoms with van der Waals surface area (Å²) in [5.74, 6) is -1.30. The second kappa shape index (κ2) is 12.2. The Kier molecular flexibility index (Phi) is 9.04. The van der Waals surface area contributed by atoms with Gasteiger partial charge in [-0.2, -0.15) is 0 Å². The molecule has 0 saturated carbocycles. The molecule has 0 radical (unpaired) electrons. The summed E-state index contributed by atoms with van der Waals surface area (Å²) in [6.45, 7) is 0.972. The molecule has 1 atom stereocenters. The average molecular weight is 468 g/mol. The number of hydrogen-bond acceptors (Lipinski definition) is 5. The van der Waals surface area contributed by atoms with Gasteiger partial charge >= 0.3 is 12.1 Å². The van der Waals surface area contributed by atoms with Crippen molar-refractivity contribution >= 4 is 18.0 Å². The molecule has 2 aromatic rings. The molecule has 34 heavy (non-hydrogen) atoms. The minimum Gasteiger partial charge on any atom is -0.480 e. The van der Waals surface area contributed by atoms with Crippen molar-refractivity contribution < 1.29 is 24.2 Å². The highest BCUT2D eigenvalue weighted by Gasteiger charge is 2.29. The zero-order valence-electron chi connectivity index (χ0n) is 19.8. The van der Waals surface area contributed by atoms with Crippen LogP contribution in [0.2, 0.25) is 0 Å². The van der Waals surface area contributed by atoms with Crippen molar-refractivity contribution in [1.29, 1.82) is 0 Å². The molecule has 2 amide bonds. The summed E-state index contributed by atoms with van der Waals surface area (Å²) < 4.78 is 5.51. The fraction of sp³-hybridized carbons (Fsp3) is 0.423. The molecule has 1 unspecified atom stereocenters. The van der Waals surface area contributed by atoms with Crippen molar-refractivity contribution in [2.75, 3.05) is 33.8 Å². The second-order valence-corrected chi connectivity index (χ2v) is 8.78. The van der Waals surface area contributed by atoms with Gasteiger partial charge in [0, 0.05) is 25.4 Å². The van der Waals surface area contributed by atoms with Gasteiger partial charge in [-0.3, -0.25) is 4.79 Å². The van der Waals surface area contributed by atoms with Crippen molar-refractivity contribution in [3.63, 3.8) is 0 Å². The number of carbonyl (C=O) groups is 3.